The van der Waals surface area contributed by atoms with Crippen molar-refractivity contribution >= 4 is 21.6 Å². The molecule has 3 rings (SSSR count). The van der Waals surface area contributed by atoms with E-state index in [1.165, 1.54) is 9.21 Å². The predicted molar refractivity (Wildman–Crippen MR) is 66.8 cm³/mol. The highest BCUT2D eigenvalue weighted by molar-refractivity contribution is 7.89. The third-order valence-corrected chi connectivity index (χ3v) is 5.59. The van der Waals surface area contributed by atoms with Crippen LogP contribution in [-0.2, 0) is 14.8 Å². The molecular formula is C12H14N2O3S. The van der Waals surface area contributed by atoms with Crippen LogP contribution in [0.2, 0.25) is 0 Å². The molecule has 18 heavy (non-hydrogen) atoms. The molecule has 2 aliphatic rings. The zero-order chi connectivity index (χ0) is 12.9. The van der Waals surface area contributed by atoms with E-state index in [1.54, 1.807) is 31.3 Å². The van der Waals surface area contributed by atoms with E-state index in [-0.39, 0.29) is 10.8 Å². The standard InChI is InChI=1S/C12H14N2O3S/c1-13-9-5-2-3-7-11(9)18(16,17)14-8-4-6-10(14)12(13)15/h2-3,5,7,10H,4,6,8H2,1H3. The molecule has 96 valence electrons. The maximum absolute atomic E-state index is 12.5. The second kappa shape index (κ2) is 3.80. The van der Waals surface area contributed by atoms with Gasteiger partial charge in [0.15, 0.2) is 0 Å². The summed E-state index contributed by atoms with van der Waals surface area (Å²) < 4.78 is 26.4. The van der Waals surface area contributed by atoms with Crippen LogP contribution in [0.3, 0.4) is 0 Å². The average molecular weight is 266 g/mol. The summed E-state index contributed by atoms with van der Waals surface area (Å²) in [6.07, 6.45) is 1.35. The van der Waals surface area contributed by atoms with Gasteiger partial charge in [-0.2, -0.15) is 4.31 Å². The largest absolute Gasteiger partial charge is 0.313 e. The molecule has 0 aromatic heterocycles. The molecule has 0 saturated carbocycles. The van der Waals surface area contributed by atoms with Crippen molar-refractivity contribution in [2.24, 2.45) is 0 Å². The Kier molecular flexibility index (Phi) is 2.46. The van der Waals surface area contributed by atoms with Gasteiger partial charge in [-0.05, 0) is 25.0 Å². The lowest BCUT2D eigenvalue weighted by molar-refractivity contribution is -0.121. The van der Waals surface area contributed by atoms with E-state index in [0.29, 0.717) is 18.7 Å². The highest BCUT2D eigenvalue weighted by Crippen LogP contribution is 2.36. The Hall–Kier alpha value is -1.40. The number of rotatable bonds is 0. The third-order valence-electron chi connectivity index (χ3n) is 3.63. The Morgan fingerprint density at radius 2 is 2.00 bits per heavy atom. The maximum atomic E-state index is 12.5. The van der Waals surface area contributed by atoms with Crippen LogP contribution in [0, 0.1) is 0 Å². The van der Waals surface area contributed by atoms with Crippen molar-refractivity contribution in [1.82, 2.24) is 4.31 Å². The number of fused-ring (bicyclic) bond motifs is 2. The minimum atomic E-state index is -3.55. The molecule has 1 amide bonds. The van der Waals surface area contributed by atoms with Gasteiger partial charge < -0.3 is 4.90 Å². The van der Waals surface area contributed by atoms with Gasteiger partial charge in [-0.3, -0.25) is 4.79 Å². The first-order chi connectivity index (χ1) is 8.53. The predicted octanol–water partition coefficient (Wildman–Crippen LogP) is 0.816. The van der Waals surface area contributed by atoms with Crippen molar-refractivity contribution in [2.75, 3.05) is 18.5 Å². The zero-order valence-electron chi connectivity index (χ0n) is 10.0. The number of anilines is 1. The van der Waals surface area contributed by atoms with Gasteiger partial charge in [0.25, 0.3) is 0 Å². The average Bonchev–Trinajstić information content (AvgIpc) is 2.84. The van der Waals surface area contributed by atoms with Crippen molar-refractivity contribution in [2.45, 2.75) is 23.8 Å². The van der Waals surface area contributed by atoms with E-state index in [0.717, 1.165) is 6.42 Å². The molecule has 1 atom stereocenters. The van der Waals surface area contributed by atoms with E-state index in [2.05, 4.69) is 0 Å². The summed E-state index contributed by atoms with van der Waals surface area (Å²) in [4.78, 5) is 14.0. The van der Waals surface area contributed by atoms with E-state index in [9.17, 15) is 13.2 Å². The van der Waals surface area contributed by atoms with Crippen LogP contribution >= 0.6 is 0 Å². The number of carbonyl (C=O) groups excluding carboxylic acids is 1. The molecule has 1 fully saturated rings. The van der Waals surface area contributed by atoms with Crippen molar-refractivity contribution in [3.05, 3.63) is 24.3 Å². The van der Waals surface area contributed by atoms with Crippen LogP contribution in [0.15, 0.2) is 29.2 Å². The van der Waals surface area contributed by atoms with E-state index < -0.39 is 16.1 Å². The molecule has 1 saturated heterocycles. The van der Waals surface area contributed by atoms with Gasteiger partial charge in [0.05, 0.1) is 5.69 Å². The first-order valence-corrected chi connectivity index (χ1v) is 7.36. The molecule has 1 unspecified atom stereocenters. The smallest absolute Gasteiger partial charge is 0.245 e. The van der Waals surface area contributed by atoms with Crippen LogP contribution in [0.25, 0.3) is 0 Å². The van der Waals surface area contributed by atoms with Gasteiger partial charge in [-0.15, -0.1) is 0 Å². The number of nitrogens with zero attached hydrogens (tertiary/aromatic N) is 2. The molecule has 2 aliphatic heterocycles. The number of carbonyl (C=O) groups is 1. The second-order valence-corrected chi connectivity index (χ2v) is 6.50. The number of para-hydroxylation sites is 1. The summed E-state index contributed by atoms with van der Waals surface area (Å²) in [7, 11) is -1.91. The minimum absolute atomic E-state index is 0.138. The van der Waals surface area contributed by atoms with Crippen LogP contribution in [0.5, 0.6) is 0 Å². The fraction of sp³-hybridized carbons (Fsp3) is 0.417. The van der Waals surface area contributed by atoms with Crippen molar-refractivity contribution < 1.29 is 13.2 Å². The first kappa shape index (κ1) is 11.7. The Balaban J connectivity index is 2.28. The fourth-order valence-corrected chi connectivity index (χ4v) is 4.57. The summed E-state index contributed by atoms with van der Waals surface area (Å²) >= 11 is 0. The minimum Gasteiger partial charge on any atom is -0.313 e. The molecule has 5 nitrogen and oxygen atoms in total. The summed E-state index contributed by atoms with van der Waals surface area (Å²) in [5.41, 5.74) is 0.469. The Morgan fingerprint density at radius 1 is 1.28 bits per heavy atom. The monoisotopic (exact) mass is 266 g/mol. The highest BCUT2D eigenvalue weighted by Gasteiger charge is 2.44. The lowest BCUT2D eigenvalue weighted by Gasteiger charge is -2.21. The van der Waals surface area contributed by atoms with Crippen molar-refractivity contribution in [3.63, 3.8) is 0 Å². The van der Waals surface area contributed by atoms with Gasteiger partial charge in [-0.25, -0.2) is 8.42 Å². The fourth-order valence-electron chi connectivity index (χ4n) is 2.70. The van der Waals surface area contributed by atoms with E-state index >= 15 is 0 Å². The summed E-state index contributed by atoms with van der Waals surface area (Å²) in [5, 5.41) is 0. The first-order valence-electron chi connectivity index (χ1n) is 5.92. The lowest BCUT2D eigenvalue weighted by atomic mass is 10.2. The van der Waals surface area contributed by atoms with Crippen LogP contribution in [0.4, 0.5) is 5.69 Å². The Labute approximate surface area is 106 Å². The molecule has 0 bridgehead atoms. The Morgan fingerprint density at radius 3 is 2.78 bits per heavy atom. The van der Waals surface area contributed by atoms with Crippen LogP contribution in [-0.4, -0.2) is 38.3 Å². The van der Waals surface area contributed by atoms with Gasteiger partial charge in [-0.1, -0.05) is 12.1 Å². The molecule has 0 aliphatic carbocycles. The quantitative estimate of drug-likeness (QED) is 0.698. The molecule has 0 N–H and O–H groups in total. The molecule has 1 aromatic carbocycles. The normalized spacial score (nSPS) is 26.6. The van der Waals surface area contributed by atoms with Crippen LogP contribution in [0.1, 0.15) is 12.8 Å². The summed E-state index contributed by atoms with van der Waals surface area (Å²) in [6.45, 7) is 0.431. The molecule has 0 spiro atoms. The highest BCUT2D eigenvalue weighted by atomic mass is 32.2. The number of likely N-dealkylation sites (N-methyl/N-ethyl adjacent to an activating group) is 1. The molecule has 2 heterocycles. The summed E-state index contributed by atoms with van der Waals surface area (Å²) in [5.74, 6) is -0.138. The number of amides is 1. The van der Waals surface area contributed by atoms with Gasteiger partial charge in [0.2, 0.25) is 15.9 Å². The Bertz CT molecular complexity index is 612. The molecule has 1 aromatic rings. The SMILES string of the molecule is CN1C(=O)C2CCCN2S(=O)(=O)c2ccccc21. The van der Waals surface area contributed by atoms with E-state index in [4.69, 9.17) is 0 Å². The van der Waals surface area contributed by atoms with Crippen molar-refractivity contribution in [3.8, 4) is 0 Å². The zero-order valence-corrected chi connectivity index (χ0v) is 10.9. The summed E-state index contributed by atoms with van der Waals surface area (Å²) in [6, 6.07) is 6.13. The topological polar surface area (TPSA) is 57.7 Å². The number of sulfonamides is 1. The molecular weight excluding hydrogens is 252 g/mol. The van der Waals surface area contributed by atoms with Crippen molar-refractivity contribution in [1.29, 1.82) is 0 Å². The number of hydrogen-bond acceptors (Lipinski definition) is 3. The van der Waals surface area contributed by atoms with Gasteiger partial charge >= 0.3 is 0 Å². The van der Waals surface area contributed by atoms with Gasteiger partial charge in [0.1, 0.15) is 10.9 Å². The molecule has 6 heteroatoms. The second-order valence-electron chi connectivity index (χ2n) is 4.64. The maximum Gasteiger partial charge on any atom is 0.245 e. The van der Waals surface area contributed by atoms with Crippen LogP contribution < -0.4 is 4.90 Å². The number of hydrogen-bond donors (Lipinski definition) is 0. The van der Waals surface area contributed by atoms with Gasteiger partial charge in [0, 0.05) is 13.6 Å². The molecule has 0 radical (unpaired) electrons. The van der Waals surface area contributed by atoms with E-state index in [1.807, 2.05) is 0 Å². The third kappa shape index (κ3) is 1.42. The number of benzene rings is 1. The lowest BCUT2D eigenvalue weighted by Crippen LogP contribution is -2.43.